The summed E-state index contributed by atoms with van der Waals surface area (Å²) in [5, 5.41) is 11.1. The van der Waals surface area contributed by atoms with Gasteiger partial charge in [-0.05, 0) is 49.8 Å². The second kappa shape index (κ2) is 9.12. The highest BCUT2D eigenvalue weighted by Gasteiger charge is 2.36. The molecule has 4 amide bonds. The van der Waals surface area contributed by atoms with Crippen molar-refractivity contribution in [2.24, 2.45) is 0 Å². The van der Waals surface area contributed by atoms with Gasteiger partial charge in [-0.1, -0.05) is 18.2 Å². The number of benzene rings is 2. The molecule has 0 unspecified atom stereocenters. The molecule has 0 aromatic heterocycles. The van der Waals surface area contributed by atoms with Crippen LogP contribution in [0.1, 0.15) is 19.4 Å². The summed E-state index contributed by atoms with van der Waals surface area (Å²) in [6.45, 7) is 3.62. The van der Waals surface area contributed by atoms with Crippen LogP contribution in [-0.2, 0) is 14.4 Å². The predicted molar refractivity (Wildman–Crippen MR) is 111 cm³/mol. The van der Waals surface area contributed by atoms with Gasteiger partial charge in [-0.25, -0.2) is 14.5 Å². The standard InChI is InChI=1S/C22H20N2O7/c1-3-30-17-6-4-5-15(12-17)24-20(26)18(19(25)23-22(24)29)11-14-7-9-16(10-8-14)31-13(2)21(27)28/h4-13H,3H2,1-2H3,(H,27,28)(H,23,25,29)/b18-11+/t13-/m0/s1. The Kier molecular flexibility index (Phi) is 6.35. The van der Waals surface area contributed by atoms with Gasteiger partial charge >= 0.3 is 12.0 Å². The third-order valence-electron chi connectivity index (χ3n) is 4.34. The van der Waals surface area contributed by atoms with Crippen LogP contribution >= 0.6 is 0 Å². The lowest BCUT2D eigenvalue weighted by Gasteiger charge is -2.26. The Morgan fingerprint density at radius 1 is 1.13 bits per heavy atom. The zero-order valence-corrected chi connectivity index (χ0v) is 16.8. The largest absolute Gasteiger partial charge is 0.494 e. The number of ether oxygens (including phenoxy) is 2. The lowest BCUT2D eigenvalue weighted by molar-refractivity contribution is -0.144. The molecule has 2 aromatic carbocycles. The van der Waals surface area contributed by atoms with E-state index in [0.717, 1.165) is 4.90 Å². The van der Waals surface area contributed by atoms with Crippen LogP contribution in [0.25, 0.3) is 6.08 Å². The van der Waals surface area contributed by atoms with E-state index < -0.39 is 29.9 Å². The molecule has 0 radical (unpaired) electrons. The number of carboxylic acid groups (broad SMARTS) is 1. The molecule has 3 rings (SSSR count). The van der Waals surface area contributed by atoms with Crippen LogP contribution < -0.4 is 19.7 Å². The molecule has 160 valence electrons. The fourth-order valence-corrected chi connectivity index (χ4v) is 2.83. The molecule has 1 saturated heterocycles. The highest BCUT2D eigenvalue weighted by atomic mass is 16.5. The summed E-state index contributed by atoms with van der Waals surface area (Å²) in [7, 11) is 0. The predicted octanol–water partition coefficient (Wildman–Crippen LogP) is 2.60. The zero-order valence-electron chi connectivity index (χ0n) is 16.8. The summed E-state index contributed by atoms with van der Waals surface area (Å²) in [6.07, 6.45) is 0.315. The Labute approximate surface area is 177 Å². The number of imide groups is 2. The van der Waals surface area contributed by atoms with Crippen molar-refractivity contribution >= 4 is 35.6 Å². The molecule has 0 saturated carbocycles. The van der Waals surface area contributed by atoms with Gasteiger partial charge in [-0.2, -0.15) is 0 Å². The van der Waals surface area contributed by atoms with Gasteiger partial charge < -0.3 is 14.6 Å². The number of aliphatic carboxylic acids is 1. The molecule has 1 atom stereocenters. The number of rotatable bonds is 7. The number of carbonyl (C=O) groups is 4. The van der Waals surface area contributed by atoms with Crippen molar-refractivity contribution in [3.63, 3.8) is 0 Å². The minimum Gasteiger partial charge on any atom is -0.494 e. The van der Waals surface area contributed by atoms with Crippen LogP contribution in [0, 0.1) is 0 Å². The number of hydrogen-bond donors (Lipinski definition) is 2. The lowest BCUT2D eigenvalue weighted by atomic mass is 10.1. The van der Waals surface area contributed by atoms with Crippen molar-refractivity contribution in [1.29, 1.82) is 0 Å². The summed E-state index contributed by atoms with van der Waals surface area (Å²) < 4.78 is 10.7. The van der Waals surface area contributed by atoms with Crippen LogP contribution in [0.15, 0.2) is 54.1 Å². The van der Waals surface area contributed by atoms with E-state index in [9.17, 15) is 19.2 Å². The Hall–Kier alpha value is -4.14. The van der Waals surface area contributed by atoms with Gasteiger partial charge in [0.15, 0.2) is 6.10 Å². The summed E-state index contributed by atoms with van der Waals surface area (Å²) in [5.41, 5.74) is 0.526. The fourth-order valence-electron chi connectivity index (χ4n) is 2.83. The topological polar surface area (TPSA) is 122 Å². The van der Waals surface area contributed by atoms with E-state index in [1.165, 1.54) is 31.2 Å². The van der Waals surface area contributed by atoms with Gasteiger partial charge in [0.05, 0.1) is 12.3 Å². The summed E-state index contributed by atoms with van der Waals surface area (Å²) in [6, 6.07) is 11.7. The van der Waals surface area contributed by atoms with Crippen LogP contribution in [0.5, 0.6) is 11.5 Å². The first kappa shape index (κ1) is 21.6. The van der Waals surface area contributed by atoms with Gasteiger partial charge in [0, 0.05) is 6.07 Å². The molecule has 9 nitrogen and oxygen atoms in total. The van der Waals surface area contributed by atoms with E-state index in [1.807, 2.05) is 6.92 Å². The van der Waals surface area contributed by atoms with Gasteiger partial charge in [-0.15, -0.1) is 0 Å². The van der Waals surface area contributed by atoms with Crippen LogP contribution in [0.3, 0.4) is 0 Å². The van der Waals surface area contributed by atoms with Gasteiger partial charge in [-0.3, -0.25) is 14.9 Å². The van der Waals surface area contributed by atoms with Crippen LogP contribution in [-0.4, -0.2) is 41.6 Å². The van der Waals surface area contributed by atoms with Crippen molar-refractivity contribution in [2.45, 2.75) is 20.0 Å². The number of nitrogens with one attached hydrogen (secondary N) is 1. The highest BCUT2D eigenvalue weighted by molar-refractivity contribution is 6.39. The van der Waals surface area contributed by atoms with E-state index in [2.05, 4.69) is 5.32 Å². The van der Waals surface area contributed by atoms with E-state index in [-0.39, 0.29) is 11.3 Å². The maximum Gasteiger partial charge on any atom is 0.344 e. The summed E-state index contributed by atoms with van der Waals surface area (Å²) >= 11 is 0. The minimum atomic E-state index is -1.10. The van der Waals surface area contributed by atoms with Crippen molar-refractivity contribution in [1.82, 2.24) is 5.32 Å². The molecule has 9 heteroatoms. The number of anilines is 1. The van der Waals surface area contributed by atoms with Gasteiger partial charge in [0.1, 0.15) is 17.1 Å². The number of carbonyl (C=O) groups excluding carboxylic acids is 3. The van der Waals surface area contributed by atoms with Crippen molar-refractivity contribution in [2.75, 3.05) is 11.5 Å². The first-order valence-electron chi connectivity index (χ1n) is 9.44. The average Bonchev–Trinajstić information content (AvgIpc) is 2.72. The third-order valence-corrected chi connectivity index (χ3v) is 4.34. The second-order valence-corrected chi connectivity index (χ2v) is 6.56. The third kappa shape index (κ3) is 4.89. The average molecular weight is 424 g/mol. The molecule has 1 fully saturated rings. The maximum atomic E-state index is 13.0. The molecule has 1 aliphatic heterocycles. The molecule has 1 heterocycles. The first-order chi connectivity index (χ1) is 14.8. The minimum absolute atomic E-state index is 0.228. The van der Waals surface area contributed by atoms with Gasteiger partial charge in [0.25, 0.3) is 11.8 Å². The Balaban J connectivity index is 1.87. The molecule has 0 bridgehead atoms. The van der Waals surface area contributed by atoms with E-state index in [0.29, 0.717) is 23.7 Å². The molecular formula is C22H20N2O7. The molecule has 0 spiro atoms. The van der Waals surface area contributed by atoms with E-state index >= 15 is 0 Å². The molecule has 2 N–H and O–H groups in total. The second-order valence-electron chi connectivity index (χ2n) is 6.56. The van der Waals surface area contributed by atoms with Crippen LogP contribution in [0.4, 0.5) is 10.5 Å². The smallest absolute Gasteiger partial charge is 0.344 e. The van der Waals surface area contributed by atoms with Gasteiger partial charge in [0.2, 0.25) is 0 Å². The number of amides is 4. The first-order valence-corrected chi connectivity index (χ1v) is 9.44. The Morgan fingerprint density at radius 2 is 1.84 bits per heavy atom. The maximum absolute atomic E-state index is 13.0. The summed E-state index contributed by atoms with van der Waals surface area (Å²) in [5.74, 6) is -1.89. The summed E-state index contributed by atoms with van der Waals surface area (Å²) in [4.78, 5) is 49.3. The van der Waals surface area contributed by atoms with Crippen molar-refractivity contribution < 1.29 is 33.8 Å². The molecule has 2 aromatic rings. The number of urea groups is 1. The highest BCUT2D eigenvalue weighted by Crippen LogP contribution is 2.26. The van der Waals surface area contributed by atoms with Crippen molar-refractivity contribution in [3.05, 3.63) is 59.7 Å². The van der Waals surface area contributed by atoms with E-state index in [4.69, 9.17) is 14.6 Å². The SMILES string of the molecule is CCOc1cccc(N2C(=O)NC(=O)/C(=C\c3ccc(O[C@@H](C)C(=O)O)cc3)C2=O)c1. The fraction of sp³-hybridized carbons (Fsp3) is 0.182. The number of nitrogens with zero attached hydrogens (tertiary/aromatic N) is 1. The number of hydrogen-bond acceptors (Lipinski definition) is 6. The zero-order chi connectivity index (χ0) is 22.5. The van der Waals surface area contributed by atoms with Crippen molar-refractivity contribution in [3.8, 4) is 11.5 Å². The molecule has 1 aliphatic rings. The Bertz CT molecular complexity index is 1060. The quantitative estimate of drug-likeness (QED) is 0.517. The molecular weight excluding hydrogens is 404 g/mol. The van der Waals surface area contributed by atoms with E-state index in [1.54, 1.807) is 30.3 Å². The monoisotopic (exact) mass is 424 g/mol. The lowest BCUT2D eigenvalue weighted by Crippen LogP contribution is -2.54. The molecule has 0 aliphatic carbocycles. The van der Waals surface area contributed by atoms with Crippen LogP contribution in [0.2, 0.25) is 0 Å². The molecule has 31 heavy (non-hydrogen) atoms. The Morgan fingerprint density at radius 3 is 2.48 bits per heavy atom. The number of barbiturate groups is 1. The number of carboxylic acids is 1. The normalized spacial score (nSPS) is 16.1.